The van der Waals surface area contributed by atoms with E-state index in [0.29, 0.717) is 24.7 Å². The zero-order valence-electron chi connectivity index (χ0n) is 13.3. The molecule has 0 fully saturated rings. The molecule has 3 rings (SSSR count). The van der Waals surface area contributed by atoms with Gasteiger partial charge in [-0.2, -0.15) is 0 Å². The van der Waals surface area contributed by atoms with Crippen molar-refractivity contribution in [1.29, 1.82) is 0 Å². The minimum Gasteiger partial charge on any atom is -0.486 e. The lowest BCUT2D eigenvalue weighted by atomic mass is 10.1. The maximum Gasteiger partial charge on any atom is 0.286 e. The van der Waals surface area contributed by atoms with Crippen LogP contribution in [-0.4, -0.2) is 24.0 Å². The first kappa shape index (κ1) is 15.8. The topological polar surface area (TPSA) is 90.7 Å². The average Bonchev–Trinajstić information content (AvgIpc) is 2.57. The summed E-state index contributed by atoms with van der Waals surface area (Å²) in [5.74, 6) is 0.0431. The largest absolute Gasteiger partial charge is 0.486 e. The second kappa shape index (κ2) is 6.19. The predicted molar refractivity (Wildman–Crippen MR) is 88.0 cm³/mol. The van der Waals surface area contributed by atoms with Gasteiger partial charge in [-0.25, -0.2) is 0 Å². The zero-order valence-corrected chi connectivity index (χ0v) is 13.3. The number of hydrogen-bond acceptors (Lipinski definition) is 5. The van der Waals surface area contributed by atoms with Crippen LogP contribution in [0.15, 0.2) is 30.3 Å². The molecule has 24 heavy (non-hydrogen) atoms. The minimum atomic E-state index is -0.601. The average molecular weight is 328 g/mol. The fourth-order valence-corrected chi connectivity index (χ4v) is 2.49. The van der Waals surface area contributed by atoms with Gasteiger partial charge in [0.1, 0.15) is 18.8 Å². The van der Waals surface area contributed by atoms with E-state index in [1.54, 1.807) is 6.07 Å². The van der Waals surface area contributed by atoms with Crippen LogP contribution in [0, 0.1) is 24.0 Å². The summed E-state index contributed by atoms with van der Waals surface area (Å²) in [4.78, 5) is 23.3. The van der Waals surface area contributed by atoms with Crippen molar-refractivity contribution in [3.63, 3.8) is 0 Å². The highest BCUT2D eigenvalue weighted by Gasteiger charge is 2.26. The van der Waals surface area contributed by atoms with Gasteiger partial charge in [0.2, 0.25) is 0 Å². The van der Waals surface area contributed by atoms with Crippen molar-refractivity contribution in [2.24, 2.45) is 0 Å². The number of fused-ring (bicyclic) bond motifs is 1. The number of carbonyl (C=O) groups is 1. The molecule has 0 aliphatic carbocycles. The zero-order chi connectivity index (χ0) is 17.3. The standard InChI is InChI=1S/C17H16N2O5/c1-10-4-3-5-13(11(10)2)18-17(20)12-8-15-16(24-7-6-23-15)9-14(12)19(21)22/h3-5,8-9H,6-7H2,1-2H3,(H,18,20). The molecule has 7 heteroatoms. The highest BCUT2D eigenvalue weighted by molar-refractivity contribution is 6.08. The fourth-order valence-electron chi connectivity index (χ4n) is 2.49. The van der Waals surface area contributed by atoms with Crippen molar-refractivity contribution in [3.8, 4) is 11.5 Å². The summed E-state index contributed by atoms with van der Waals surface area (Å²) in [5.41, 5.74) is 2.16. The van der Waals surface area contributed by atoms with E-state index in [1.165, 1.54) is 12.1 Å². The van der Waals surface area contributed by atoms with E-state index >= 15 is 0 Å². The first-order valence-electron chi connectivity index (χ1n) is 7.43. The van der Waals surface area contributed by atoms with Crippen LogP contribution in [-0.2, 0) is 0 Å². The molecule has 0 saturated carbocycles. The van der Waals surface area contributed by atoms with Crippen LogP contribution in [0.2, 0.25) is 0 Å². The quantitative estimate of drug-likeness (QED) is 0.690. The molecule has 1 N–H and O–H groups in total. The molecule has 0 radical (unpaired) electrons. The van der Waals surface area contributed by atoms with Crippen molar-refractivity contribution < 1.29 is 19.2 Å². The van der Waals surface area contributed by atoms with E-state index in [9.17, 15) is 14.9 Å². The summed E-state index contributed by atoms with van der Waals surface area (Å²) in [6.45, 7) is 4.46. The number of nitro benzene ring substituents is 1. The van der Waals surface area contributed by atoms with Gasteiger partial charge in [0.15, 0.2) is 11.5 Å². The molecular formula is C17H16N2O5. The van der Waals surface area contributed by atoms with Gasteiger partial charge in [-0.1, -0.05) is 12.1 Å². The monoisotopic (exact) mass is 328 g/mol. The van der Waals surface area contributed by atoms with Gasteiger partial charge >= 0.3 is 0 Å². The van der Waals surface area contributed by atoms with Gasteiger partial charge in [-0.15, -0.1) is 0 Å². The van der Waals surface area contributed by atoms with Crippen LogP contribution in [0.25, 0.3) is 0 Å². The third kappa shape index (κ3) is 2.88. The Kier molecular flexibility index (Phi) is 4.07. The minimum absolute atomic E-state index is 0.0647. The molecule has 1 aliphatic rings. The van der Waals surface area contributed by atoms with E-state index in [2.05, 4.69) is 5.32 Å². The number of benzene rings is 2. The summed E-state index contributed by atoms with van der Waals surface area (Å²) in [6, 6.07) is 8.08. The number of amides is 1. The molecule has 7 nitrogen and oxygen atoms in total. The number of rotatable bonds is 3. The van der Waals surface area contributed by atoms with E-state index in [4.69, 9.17) is 9.47 Å². The Morgan fingerprint density at radius 2 is 1.83 bits per heavy atom. The Morgan fingerprint density at radius 1 is 1.17 bits per heavy atom. The summed E-state index contributed by atoms with van der Waals surface area (Å²) < 4.78 is 10.8. The number of aryl methyl sites for hydroxylation is 1. The van der Waals surface area contributed by atoms with Crippen molar-refractivity contribution in [2.45, 2.75) is 13.8 Å². The molecule has 2 aromatic carbocycles. The SMILES string of the molecule is Cc1cccc(NC(=O)c2cc3c(cc2[N+](=O)[O-])OCCO3)c1C. The fraction of sp³-hybridized carbons (Fsp3) is 0.235. The second-order valence-electron chi connectivity index (χ2n) is 5.47. The first-order valence-corrected chi connectivity index (χ1v) is 7.43. The van der Waals surface area contributed by atoms with Gasteiger partial charge in [0, 0.05) is 11.8 Å². The smallest absolute Gasteiger partial charge is 0.286 e. The Morgan fingerprint density at radius 3 is 2.50 bits per heavy atom. The molecule has 0 atom stereocenters. The molecule has 1 heterocycles. The molecule has 2 aromatic rings. The number of anilines is 1. The van der Waals surface area contributed by atoms with Crippen LogP contribution in [0.3, 0.4) is 0 Å². The summed E-state index contributed by atoms with van der Waals surface area (Å²) >= 11 is 0. The van der Waals surface area contributed by atoms with Crippen molar-refractivity contribution >= 4 is 17.3 Å². The van der Waals surface area contributed by atoms with Crippen molar-refractivity contribution in [2.75, 3.05) is 18.5 Å². The van der Waals surface area contributed by atoms with Crippen LogP contribution < -0.4 is 14.8 Å². The number of ether oxygens (including phenoxy) is 2. The van der Waals surface area contributed by atoms with Crippen LogP contribution >= 0.6 is 0 Å². The number of nitrogens with one attached hydrogen (secondary N) is 1. The molecule has 0 aromatic heterocycles. The van der Waals surface area contributed by atoms with Gasteiger partial charge < -0.3 is 14.8 Å². The normalized spacial score (nSPS) is 12.6. The second-order valence-corrected chi connectivity index (χ2v) is 5.47. The molecule has 0 saturated heterocycles. The van der Waals surface area contributed by atoms with Gasteiger partial charge in [-0.3, -0.25) is 14.9 Å². The Labute approximate surface area is 138 Å². The van der Waals surface area contributed by atoms with Crippen LogP contribution in [0.5, 0.6) is 11.5 Å². The van der Waals surface area contributed by atoms with E-state index in [0.717, 1.165) is 11.1 Å². The molecule has 124 valence electrons. The van der Waals surface area contributed by atoms with Crippen LogP contribution in [0.4, 0.5) is 11.4 Å². The predicted octanol–water partition coefficient (Wildman–Crippen LogP) is 3.24. The highest BCUT2D eigenvalue weighted by Crippen LogP contribution is 2.37. The first-order chi connectivity index (χ1) is 11.5. The third-order valence-electron chi connectivity index (χ3n) is 3.95. The summed E-state index contributed by atoms with van der Waals surface area (Å²) in [6.07, 6.45) is 0. The van der Waals surface area contributed by atoms with Gasteiger partial charge in [-0.05, 0) is 31.0 Å². The van der Waals surface area contributed by atoms with E-state index in [-0.39, 0.29) is 17.0 Å². The molecule has 0 spiro atoms. The summed E-state index contributed by atoms with van der Waals surface area (Å²) in [5, 5.41) is 14.0. The van der Waals surface area contributed by atoms with Crippen LogP contribution in [0.1, 0.15) is 21.5 Å². The number of carbonyl (C=O) groups excluding carboxylic acids is 1. The number of nitro groups is 1. The molecular weight excluding hydrogens is 312 g/mol. The Balaban J connectivity index is 1.99. The molecule has 0 bridgehead atoms. The maximum absolute atomic E-state index is 12.6. The lowest BCUT2D eigenvalue weighted by Gasteiger charge is -2.19. The molecule has 0 unspecified atom stereocenters. The van der Waals surface area contributed by atoms with E-state index < -0.39 is 10.8 Å². The number of hydrogen-bond donors (Lipinski definition) is 1. The maximum atomic E-state index is 12.6. The highest BCUT2D eigenvalue weighted by atomic mass is 16.6. The lowest BCUT2D eigenvalue weighted by molar-refractivity contribution is -0.385. The van der Waals surface area contributed by atoms with Gasteiger partial charge in [0.05, 0.1) is 11.0 Å². The Hall–Kier alpha value is -3.09. The molecule has 1 aliphatic heterocycles. The van der Waals surface area contributed by atoms with Crippen molar-refractivity contribution in [3.05, 3.63) is 57.1 Å². The van der Waals surface area contributed by atoms with E-state index in [1.807, 2.05) is 26.0 Å². The summed E-state index contributed by atoms with van der Waals surface area (Å²) in [7, 11) is 0. The third-order valence-corrected chi connectivity index (χ3v) is 3.95. The Bertz CT molecular complexity index is 832. The lowest BCUT2D eigenvalue weighted by Crippen LogP contribution is -2.19. The van der Waals surface area contributed by atoms with Gasteiger partial charge in [0.25, 0.3) is 11.6 Å². The number of nitrogens with zero attached hydrogens (tertiary/aromatic N) is 1. The molecule has 1 amide bonds. The van der Waals surface area contributed by atoms with Crippen molar-refractivity contribution in [1.82, 2.24) is 0 Å².